The van der Waals surface area contributed by atoms with Crippen molar-refractivity contribution in [2.75, 3.05) is 18.0 Å². The molecule has 2 aliphatic rings. The van der Waals surface area contributed by atoms with Crippen molar-refractivity contribution in [1.82, 2.24) is 4.90 Å². The zero-order valence-corrected chi connectivity index (χ0v) is 20.3. The zero-order valence-electron chi connectivity index (χ0n) is 18.7. The van der Waals surface area contributed by atoms with Crippen LogP contribution in [0.25, 0.3) is 0 Å². The van der Waals surface area contributed by atoms with E-state index >= 15 is 0 Å². The van der Waals surface area contributed by atoms with Crippen LogP contribution in [-0.2, 0) is 17.3 Å². The fourth-order valence-electron chi connectivity index (χ4n) is 4.63. The van der Waals surface area contributed by atoms with Crippen molar-refractivity contribution in [3.63, 3.8) is 0 Å². The number of halogens is 1. The first kappa shape index (κ1) is 22.8. The number of fused-ring (bicyclic) bond motifs is 2. The summed E-state index contributed by atoms with van der Waals surface area (Å²) in [7, 11) is -1.55. The maximum atomic E-state index is 13.7. The van der Waals surface area contributed by atoms with E-state index in [-0.39, 0.29) is 18.4 Å². The molecule has 2 amide bonds. The van der Waals surface area contributed by atoms with Crippen LogP contribution in [0.15, 0.2) is 76.5 Å². The third kappa shape index (κ3) is 4.40. The predicted molar refractivity (Wildman–Crippen MR) is 134 cm³/mol. The van der Waals surface area contributed by atoms with Gasteiger partial charge in [0.1, 0.15) is 0 Å². The smallest absolute Gasteiger partial charge is 0.259 e. The lowest BCUT2D eigenvalue weighted by Gasteiger charge is -2.25. The molecule has 174 valence electrons. The van der Waals surface area contributed by atoms with Gasteiger partial charge in [0.05, 0.1) is 38.4 Å². The molecule has 0 bridgehead atoms. The van der Waals surface area contributed by atoms with Gasteiger partial charge in [-0.25, -0.2) is 4.21 Å². The molecule has 0 aromatic heterocycles. The van der Waals surface area contributed by atoms with Crippen molar-refractivity contribution in [1.29, 1.82) is 0 Å². The molecule has 0 N–H and O–H groups in total. The minimum Gasteiger partial charge on any atom is -0.339 e. The van der Waals surface area contributed by atoms with Gasteiger partial charge in [-0.2, -0.15) is 0 Å². The Balaban J connectivity index is 1.61. The Morgan fingerprint density at radius 1 is 0.882 bits per heavy atom. The number of rotatable bonds is 3. The average Bonchev–Trinajstić information content (AvgIpc) is 3.18. The molecule has 2 aliphatic heterocycles. The summed E-state index contributed by atoms with van der Waals surface area (Å²) in [6.45, 7) is 1.72. The van der Waals surface area contributed by atoms with E-state index in [0.29, 0.717) is 31.6 Å². The molecule has 3 aromatic rings. The molecule has 0 spiro atoms. The number of anilines is 1. The van der Waals surface area contributed by atoms with Gasteiger partial charge in [-0.1, -0.05) is 48.7 Å². The lowest BCUT2D eigenvalue weighted by atomic mass is 10.1. The summed E-state index contributed by atoms with van der Waals surface area (Å²) in [4.78, 5) is 31.6. The van der Waals surface area contributed by atoms with E-state index in [0.717, 1.165) is 44.3 Å². The second-order valence-corrected chi connectivity index (χ2v) is 10.5. The van der Waals surface area contributed by atoms with Crippen molar-refractivity contribution < 1.29 is 13.8 Å². The summed E-state index contributed by atoms with van der Waals surface area (Å²) < 4.78 is 13.6. The summed E-state index contributed by atoms with van der Waals surface area (Å²) in [5.74, 6) is -0.297. The average molecular weight is 493 g/mol. The second kappa shape index (κ2) is 9.72. The Hall–Kier alpha value is -2.96. The van der Waals surface area contributed by atoms with Crippen molar-refractivity contribution in [3.05, 3.63) is 88.4 Å². The normalized spacial score (nSPS) is 18.0. The summed E-state index contributed by atoms with van der Waals surface area (Å²) in [6.07, 6.45) is 4.25. The van der Waals surface area contributed by atoms with Crippen LogP contribution in [0.4, 0.5) is 5.69 Å². The summed E-state index contributed by atoms with van der Waals surface area (Å²) in [5, 5.41) is 0.578. The molecule has 0 saturated carbocycles. The van der Waals surface area contributed by atoms with Gasteiger partial charge in [0.25, 0.3) is 11.8 Å². The maximum absolute atomic E-state index is 13.7. The lowest BCUT2D eigenvalue weighted by Crippen LogP contribution is -2.33. The maximum Gasteiger partial charge on any atom is 0.259 e. The molecule has 2 heterocycles. The highest BCUT2D eigenvalue weighted by Gasteiger charge is 2.32. The molecule has 34 heavy (non-hydrogen) atoms. The van der Waals surface area contributed by atoms with E-state index in [4.69, 9.17) is 11.6 Å². The monoisotopic (exact) mass is 492 g/mol. The summed E-state index contributed by atoms with van der Waals surface area (Å²) in [5.41, 5.74) is 2.26. The van der Waals surface area contributed by atoms with E-state index in [1.165, 1.54) is 0 Å². The van der Waals surface area contributed by atoms with Crippen molar-refractivity contribution in [2.24, 2.45) is 0 Å². The van der Waals surface area contributed by atoms with E-state index < -0.39 is 10.8 Å². The molecule has 5 nitrogen and oxygen atoms in total. The van der Waals surface area contributed by atoms with E-state index in [9.17, 15) is 13.8 Å². The van der Waals surface area contributed by atoms with Crippen molar-refractivity contribution in [3.8, 4) is 0 Å². The highest BCUT2D eigenvalue weighted by atomic mass is 35.5. The highest BCUT2D eigenvalue weighted by Crippen LogP contribution is 2.36. The minimum absolute atomic E-state index is 0.0487. The van der Waals surface area contributed by atoms with Gasteiger partial charge >= 0.3 is 0 Å². The molecule has 5 rings (SSSR count). The number of hydrogen-bond donors (Lipinski definition) is 0. The summed E-state index contributed by atoms with van der Waals surface area (Å²) in [6, 6.07) is 19.5. The topological polar surface area (TPSA) is 57.7 Å². The number of hydrogen-bond acceptors (Lipinski definition) is 3. The first-order valence-electron chi connectivity index (χ1n) is 11.5. The lowest BCUT2D eigenvalue weighted by molar-refractivity contribution is 0.0761. The van der Waals surface area contributed by atoms with Crippen LogP contribution in [0.3, 0.4) is 0 Å². The van der Waals surface area contributed by atoms with Gasteiger partial charge in [0.2, 0.25) is 0 Å². The Labute approximate surface area is 206 Å². The first-order valence-corrected chi connectivity index (χ1v) is 13.1. The first-order chi connectivity index (χ1) is 16.5. The van der Waals surface area contributed by atoms with E-state index in [1.807, 2.05) is 23.1 Å². The SMILES string of the molecule is O=C(c1ccc2c(c1)N(Cc1cccc(Cl)c1)C(=O)c1ccccc1[S@@]2=O)N1CCCCCC1. The second-order valence-electron chi connectivity index (χ2n) is 8.68. The van der Waals surface area contributed by atoms with Gasteiger partial charge in [0.15, 0.2) is 0 Å². The Kier molecular flexibility index (Phi) is 6.53. The predicted octanol–water partition coefficient (Wildman–Crippen LogP) is 5.68. The molecule has 0 unspecified atom stereocenters. The number of benzene rings is 3. The molecule has 1 atom stereocenters. The number of nitrogens with zero attached hydrogens (tertiary/aromatic N) is 2. The minimum atomic E-state index is -1.55. The third-order valence-electron chi connectivity index (χ3n) is 6.38. The van der Waals surface area contributed by atoms with Gasteiger partial charge < -0.3 is 9.80 Å². The van der Waals surface area contributed by atoms with Gasteiger partial charge in [-0.3, -0.25) is 9.59 Å². The van der Waals surface area contributed by atoms with Gasteiger partial charge in [0, 0.05) is 23.7 Å². The van der Waals surface area contributed by atoms with Crippen molar-refractivity contribution in [2.45, 2.75) is 42.0 Å². The number of amides is 2. The Morgan fingerprint density at radius 2 is 1.65 bits per heavy atom. The Morgan fingerprint density at radius 3 is 2.41 bits per heavy atom. The van der Waals surface area contributed by atoms with Crippen LogP contribution in [0.5, 0.6) is 0 Å². The Bertz CT molecular complexity index is 1280. The van der Waals surface area contributed by atoms with Gasteiger partial charge in [-0.15, -0.1) is 0 Å². The largest absolute Gasteiger partial charge is 0.339 e. The zero-order chi connectivity index (χ0) is 23.7. The van der Waals surface area contributed by atoms with Crippen LogP contribution in [0, 0.1) is 0 Å². The summed E-state index contributed by atoms with van der Waals surface area (Å²) >= 11 is 6.20. The van der Waals surface area contributed by atoms with E-state index in [1.54, 1.807) is 53.4 Å². The molecule has 1 fully saturated rings. The number of carbonyl (C=O) groups excluding carboxylic acids is 2. The van der Waals surface area contributed by atoms with Crippen LogP contribution >= 0.6 is 11.6 Å². The van der Waals surface area contributed by atoms with E-state index in [2.05, 4.69) is 0 Å². The highest BCUT2D eigenvalue weighted by molar-refractivity contribution is 7.85. The molecule has 3 aromatic carbocycles. The van der Waals surface area contributed by atoms with Crippen LogP contribution in [0.2, 0.25) is 5.02 Å². The molecule has 0 radical (unpaired) electrons. The molecular formula is C27H25ClN2O3S. The third-order valence-corrected chi connectivity index (χ3v) is 8.12. The fourth-order valence-corrected chi connectivity index (χ4v) is 6.19. The number of carbonyl (C=O) groups is 2. The molecule has 1 saturated heterocycles. The molecule has 0 aliphatic carbocycles. The van der Waals surface area contributed by atoms with Crippen molar-refractivity contribution >= 4 is 39.9 Å². The van der Waals surface area contributed by atoms with Crippen LogP contribution < -0.4 is 4.90 Å². The fraction of sp³-hybridized carbons (Fsp3) is 0.259. The number of likely N-dealkylation sites (tertiary alicyclic amines) is 1. The van der Waals surface area contributed by atoms with Crippen LogP contribution in [0.1, 0.15) is 52.0 Å². The van der Waals surface area contributed by atoms with Gasteiger partial charge in [-0.05, 0) is 60.9 Å². The molecule has 7 heteroatoms. The van der Waals surface area contributed by atoms with Crippen LogP contribution in [-0.4, -0.2) is 34.0 Å². The quantitative estimate of drug-likeness (QED) is 0.472. The standard InChI is InChI=1S/C27H25ClN2O3S/c28-21-9-7-8-19(16-21)18-30-23-17-20(26(31)29-14-5-1-2-6-15-29)12-13-25(23)34(33)24-11-4-3-10-22(24)27(30)32/h3-4,7-13,16-17H,1-2,5-6,14-15,18H2/t34-/m0/s1. The molecular weight excluding hydrogens is 468 g/mol.